The van der Waals surface area contributed by atoms with Crippen LogP contribution in [0.15, 0.2) is 36.5 Å². The number of benzene rings is 1. The van der Waals surface area contributed by atoms with Gasteiger partial charge in [-0.1, -0.05) is 45.9 Å². The molecule has 1 aromatic carbocycles. The van der Waals surface area contributed by atoms with E-state index < -0.39 is 0 Å². The van der Waals surface area contributed by atoms with Crippen LogP contribution in [0.2, 0.25) is 0 Å². The van der Waals surface area contributed by atoms with Crippen LogP contribution in [0, 0.1) is 0 Å². The van der Waals surface area contributed by atoms with Crippen LogP contribution >= 0.6 is 0 Å². The molecule has 2 aliphatic rings. The minimum absolute atomic E-state index is 0.189. The largest absolute Gasteiger partial charge is 0.466 e. The SMILES string of the molecule is CC(=O)OCCCCN1CCN(c2cc(-c3ccc4c(c3)C(C)(C)CCC4(C)C)ccn2)CC1. The molecule has 5 nitrogen and oxygen atoms in total. The van der Waals surface area contributed by atoms with Crippen molar-refractivity contribution in [2.24, 2.45) is 0 Å². The molecule has 4 rings (SSSR count). The number of carbonyl (C=O) groups is 1. The van der Waals surface area contributed by atoms with Crippen LogP contribution in [-0.2, 0) is 20.4 Å². The highest BCUT2D eigenvalue weighted by molar-refractivity contribution is 5.69. The third kappa shape index (κ3) is 5.63. The predicted octanol–water partition coefficient (Wildman–Crippen LogP) is 5.56. The van der Waals surface area contributed by atoms with Gasteiger partial charge in [-0.25, -0.2) is 4.98 Å². The first kappa shape index (κ1) is 24.7. The third-order valence-electron chi connectivity index (χ3n) is 7.80. The molecular formula is C29H41N3O2. The fraction of sp³-hybridized carbons (Fsp3) is 0.586. The average molecular weight is 464 g/mol. The van der Waals surface area contributed by atoms with Gasteiger partial charge in [0.15, 0.2) is 0 Å². The molecule has 0 saturated carbocycles. The average Bonchev–Trinajstić information content (AvgIpc) is 2.82. The van der Waals surface area contributed by atoms with Crippen LogP contribution in [0.4, 0.5) is 5.82 Å². The summed E-state index contributed by atoms with van der Waals surface area (Å²) >= 11 is 0. The van der Waals surface area contributed by atoms with E-state index in [9.17, 15) is 4.79 Å². The van der Waals surface area contributed by atoms with Crippen LogP contribution in [0.5, 0.6) is 0 Å². The summed E-state index contributed by atoms with van der Waals surface area (Å²) < 4.78 is 5.03. The van der Waals surface area contributed by atoms with E-state index >= 15 is 0 Å². The molecule has 0 radical (unpaired) electrons. The fourth-order valence-electron chi connectivity index (χ4n) is 5.39. The van der Waals surface area contributed by atoms with Gasteiger partial charge in [0.2, 0.25) is 0 Å². The number of aromatic nitrogens is 1. The van der Waals surface area contributed by atoms with Gasteiger partial charge in [0.05, 0.1) is 6.61 Å². The Morgan fingerprint density at radius 1 is 0.912 bits per heavy atom. The highest BCUT2D eigenvalue weighted by Gasteiger charge is 2.37. The van der Waals surface area contributed by atoms with E-state index in [0.717, 1.165) is 51.4 Å². The number of nitrogens with zero attached hydrogens (tertiary/aromatic N) is 3. The lowest BCUT2D eigenvalue weighted by atomic mass is 9.63. The van der Waals surface area contributed by atoms with Crippen molar-refractivity contribution in [1.82, 2.24) is 9.88 Å². The third-order valence-corrected chi connectivity index (χ3v) is 7.80. The number of piperazine rings is 1. The Kier molecular flexibility index (Phi) is 7.32. The van der Waals surface area contributed by atoms with E-state index in [0.29, 0.717) is 6.61 Å². The number of rotatable bonds is 7. The van der Waals surface area contributed by atoms with Gasteiger partial charge in [-0.3, -0.25) is 9.69 Å². The van der Waals surface area contributed by atoms with Crippen LogP contribution in [0.25, 0.3) is 11.1 Å². The summed E-state index contributed by atoms with van der Waals surface area (Å²) in [4.78, 5) is 20.5. The molecule has 1 aliphatic carbocycles. The Labute approximate surface area is 205 Å². The molecule has 0 spiro atoms. The van der Waals surface area contributed by atoms with Gasteiger partial charge in [-0.2, -0.15) is 0 Å². The number of esters is 1. The van der Waals surface area contributed by atoms with Crippen LogP contribution < -0.4 is 4.90 Å². The summed E-state index contributed by atoms with van der Waals surface area (Å²) in [5.74, 6) is 0.885. The minimum Gasteiger partial charge on any atom is -0.466 e. The molecule has 0 amide bonds. The molecule has 0 unspecified atom stereocenters. The molecule has 1 aromatic heterocycles. The Hall–Kier alpha value is -2.40. The molecule has 2 heterocycles. The minimum atomic E-state index is -0.189. The second-order valence-electron chi connectivity index (χ2n) is 11.3. The van der Waals surface area contributed by atoms with Crippen molar-refractivity contribution in [3.8, 4) is 11.1 Å². The van der Waals surface area contributed by atoms with Gasteiger partial charge >= 0.3 is 5.97 Å². The van der Waals surface area contributed by atoms with E-state index in [1.54, 1.807) is 0 Å². The van der Waals surface area contributed by atoms with Crippen molar-refractivity contribution in [2.75, 3.05) is 44.2 Å². The van der Waals surface area contributed by atoms with Crippen LogP contribution in [0.1, 0.15) is 71.4 Å². The zero-order valence-corrected chi connectivity index (χ0v) is 21.7. The lowest BCUT2D eigenvalue weighted by Crippen LogP contribution is -2.46. The molecule has 184 valence electrons. The van der Waals surface area contributed by atoms with Crippen molar-refractivity contribution < 1.29 is 9.53 Å². The molecule has 1 fully saturated rings. The standard InChI is InChI=1S/C29H41N3O2/c1-22(33)34-19-7-6-14-31-15-17-32(18-16-31)27-21-24(10-13-30-27)23-8-9-25-26(20-23)29(4,5)12-11-28(25,2)3/h8-10,13,20-21H,6-7,11-12,14-19H2,1-5H3. The van der Waals surface area contributed by atoms with E-state index in [1.807, 2.05) is 6.20 Å². The quantitative estimate of drug-likeness (QED) is 0.397. The summed E-state index contributed by atoms with van der Waals surface area (Å²) in [7, 11) is 0. The number of anilines is 1. The van der Waals surface area contributed by atoms with E-state index in [4.69, 9.17) is 9.72 Å². The Balaban J connectivity index is 1.40. The van der Waals surface area contributed by atoms with Gasteiger partial charge in [-0.05, 0) is 77.4 Å². The number of carbonyl (C=O) groups excluding carboxylic acids is 1. The summed E-state index contributed by atoms with van der Waals surface area (Å²) in [6.45, 7) is 16.7. The predicted molar refractivity (Wildman–Crippen MR) is 139 cm³/mol. The van der Waals surface area contributed by atoms with E-state index in [1.165, 1.54) is 42.0 Å². The Morgan fingerprint density at radius 2 is 1.59 bits per heavy atom. The van der Waals surface area contributed by atoms with Gasteiger partial charge < -0.3 is 9.64 Å². The van der Waals surface area contributed by atoms with Gasteiger partial charge in [0.1, 0.15) is 5.82 Å². The number of hydrogen-bond donors (Lipinski definition) is 0. The number of hydrogen-bond acceptors (Lipinski definition) is 5. The van der Waals surface area contributed by atoms with Crippen molar-refractivity contribution in [3.63, 3.8) is 0 Å². The molecule has 2 aromatic rings. The maximum Gasteiger partial charge on any atom is 0.302 e. The van der Waals surface area contributed by atoms with Gasteiger partial charge in [0, 0.05) is 39.3 Å². The first-order valence-electron chi connectivity index (χ1n) is 12.9. The lowest BCUT2D eigenvalue weighted by molar-refractivity contribution is -0.141. The molecule has 0 atom stereocenters. The van der Waals surface area contributed by atoms with Crippen molar-refractivity contribution >= 4 is 11.8 Å². The van der Waals surface area contributed by atoms with Crippen molar-refractivity contribution in [2.45, 2.75) is 71.1 Å². The van der Waals surface area contributed by atoms with E-state index in [2.05, 4.69) is 67.8 Å². The maximum atomic E-state index is 10.9. The molecule has 1 aliphatic heterocycles. The van der Waals surface area contributed by atoms with Crippen LogP contribution in [0.3, 0.4) is 0 Å². The molecule has 34 heavy (non-hydrogen) atoms. The second kappa shape index (κ2) is 10.1. The normalized spacial score (nSPS) is 19.5. The summed E-state index contributed by atoms with van der Waals surface area (Å²) in [6.07, 6.45) is 6.42. The Morgan fingerprint density at radius 3 is 2.29 bits per heavy atom. The van der Waals surface area contributed by atoms with Crippen molar-refractivity contribution in [3.05, 3.63) is 47.7 Å². The van der Waals surface area contributed by atoms with Crippen molar-refractivity contribution in [1.29, 1.82) is 0 Å². The summed E-state index contributed by atoms with van der Waals surface area (Å²) in [5, 5.41) is 0. The molecule has 0 bridgehead atoms. The van der Waals surface area contributed by atoms with Crippen LogP contribution in [-0.4, -0.2) is 55.2 Å². The number of pyridine rings is 1. The first-order valence-corrected chi connectivity index (χ1v) is 12.9. The maximum absolute atomic E-state index is 10.9. The first-order chi connectivity index (χ1) is 16.2. The Bertz CT molecular complexity index is 1010. The van der Waals surface area contributed by atoms with Gasteiger partial charge in [0.25, 0.3) is 0 Å². The molecular weight excluding hydrogens is 422 g/mol. The molecule has 5 heteroatoms. The number of fused-ring (bicyclic) bond motifs is 1. The van der Waals surface area contributed by atoms with E-state index in [-0.39, 0.29) is 16.8 Å². The molecule has 1 saturated heterocycles. The second-order valence-corrected chi connectivity index (χ2v) is 11.3. The fourth-order valence-corrected chi connectivity index (χ4v) is 5.39. The molecule has 0 N–H and O–H groups in total. The zero-order chi connectivity index (χ0) is 24.3. The monoisotopic (exact) mass is 463 g/mol. The summed E-state index contributed by atoms with van der Waals surface area (Å²) in [6, 6.07) is 11.5. The zero-order valence-electron chi connectivity index (χ0n) is 21.7. The smallest absolute Gasteiger partial charge is 0.302 e. The highest BCUT2D eigenvalue weighted by atomic mass is 16.5. The number of ether oxygens (including phenoxy) is 1. The summed E-state index contributed by atoms with van der Waals surface area (Å²) in [5.41, 5.74) is 6.00. The number of unbranched alkanes of at least 4 members (excludes halogenated alkanes) is 1. The lowest BCUT2D eigenvalue weighted by Gasteiger charge is -2.42. The topological polar surface area (TPSA) is 45.7 Å². The van der Waals surface area contributed by atoms with Gasteiger partial charge in [-0.15, -0.1) is 0 Å². The highest BCUT2D eigenvalue weighted by Crippen LogP contribution is 2.46.